The highest BCUT2D eigenvalue weighted by atomic mass is 35.5. The topological polar surface area (TPSA) is 17.1 Å². The average molecular weight is 159 g/mol. The van der Waals surface area contributed by atoms with Gasteiger partial charge in [-0.25, -0.2) is 0 Å². The molecule has 0 aromatic carbocycles. The molecule has 0 aliphatic heterocycles. The Bertz CT molecular complexity index is 182. The number of carbonyl (C=O) groups excluding carboxylic acids is 1. The second-order valence-electron chi connectivity index (χ2n) is 3.05. The van der Waals surface area contributed by atoms with E-state index in [0.29, 0.717) is 23.3 Å². The minimum atomic E-state index is 0.0976. The lowest BCUT2D eigenvalue weighted by molar-refractivity contribution is -0.115. The molecule has 1 aliphatic rings. The third kappa shape index (κ3) is 1.40. The zero-order chi connectivity index (χ0) is 7.72. The molecule has 1 atom stereocenters. The molecule has 1 rings (SSSR count). The van der Waals surface area contributed by atoms with Crippen LogP contribution in [0.25, 0.3) is 0 Å². The van der Waals surface area contributed by atoms with Gasteiger partial charge in [-0.1, -0.05) is 31.5 Å². The zero-order valence-corrected chi connectivity index (χ0v) is 6.98. The van der Waals surface area contributed by atoms with Gasteiger partial charge in [-0.3, -0.25) is 4.79 Å². The van der Waals surface area contributed by atoms with Crippen molar-refractivity contribution in [2.45, 2.75) is 20.3 Å². The van der Waals surface area contributed by atoms with E-state index >= 15 is 0 Å². The van der Waals surface area contributed by atoms with Gasteiger partial charge < -0.3 is 0 Å². The standard InChI is InChI=1S/C8H11ClO/c1-5(2)6-3-7(9)8(10)4-6/h3,5-6H,4H2,1-2H3/t6-/m1/s1. The van der Waals surface area contributed by atoms with Crippen molar-refractivity contribution < 1.29 is 4.79 Å². The Labute approximate surface area is 66.1 Å². The molecule has 0 bridgehead atoms. The number of rotatable bonds is 1. The van der Waals surface area contributed by atoms with Gasteiger partial charge in [-0.2, -0.15) is 0 Å². The quantitative estimate of drug-likeness (QED) is 0.573. The summed E-state index contributed by atoms with van der Waals surface area (Å²) in [6.45, 7) is 4.20. The van der Waals surface area contributed by atoms with Gasteiger partial charge in [0.2, 0.25) is 0 Å². The Morgan fingerprint density at radius 1 is 1.70 bits per heavy atom. The van der Waals surface area contributed by atoms with Crippen molar-refractivity contribution in [3.8, 4) is 0 Å². The Kier molecular flexibility index (Phi) is 2.14. The number of ketones is 1. The zero-order valence-electron chi connectivity index (χ0n) is 6.23. The molecule has 0 unspecified atom stereocenters. The molecule has 0 fully saturated rings. The number of allylic oxidation sites excluding steroid dienone is 2. The maximum Gasteiger partial charge on any atom is 0.174 e. The van der Waals surface area contributed by atoms with Gasteiger partial charge in [0.1, 0.15) is 0 Å². The van der Waals surface area contributed by atoms with Crippen LogP contribution in [0.1, 0.15) is 20.3 Å². The fraction of sp³-hybridized carbons (Fsp3) is 0.625. The van der Waals surface area contributed by atoms with Crippen LogP contribution in [0.2, 0.25) is 0 Å². The van der Waals surface area contributed by atoms with Gasteiger partial charge in [-0.15, -0.1) is 0 Å². The molecule has 1 nitrogen and oxygen atoms in total. The van der Waals surface area contributed by atoms with E-state index in [1.165, 1.54) is 0 Å². The molecule has 0 radical (unpaired) electrons. The number of halogens is 1. The van der Waals surface area contributed by atoms with E-state index in [9.17, 15) is 4.79 Å². The van der Waals surface area contributed by atoms with E-state index in [-0.39, 0.29) is 5.78 Å². The van der Waals surface area contributed by atoms with Crippen LogP contribution >= 0.6 is 11.6 Å². The highest BCUT2D eigenvalue weighted by molar-refractivity contribution is 6.43. The fourth-order valence-corrected chi connectivity index (χ4v) is 1.32. The summed E-state index contributed by atoms with van der Waals surface area (Å²) in [4.78, 5) is 10.9. The molecule has 0 saturated heterocycles. The second kappa shape index (κ2) is 2.75. The molecule has 0 N–H and O–H groups in total. The third-order valence-electron chi connectivity index (χ3n) is 1.90. The van der Waals surface area contributed by atoms with Crippen LogP contribution in [-0.4, -0.2) is 5.78 Å². The largest absolute Gasteiger partial charge is 0.293 e. The molecule has 56 valence electrons. The second-order valence-corrected chi connectivity index (χ2v) is 3.46. The van der Waals surface area contributed by atoms with Crippen LogP contribution in [0, 0.1) is 11.8 Å². The van der Waals surface area contributed by atoms with Crippen molar-refractivity contribution in [2.75, 3.05) is 0 Å². The molecular weight excluding hydrogens is 148 g/mol. The van der Waals surface area contributed by atoms with Crippen LogP contribution in [0.3, 0.4) is 0 Å². The van der Waals surface area contributed by atoms with Gasteiger partial charge >= 0.3 is 0 Å². The number of Topliss-reactive ketones (excluding diaryl/α,β-unsaturated/α-hetero) is 1. The Morgan fingerprint density at radius 2 is 2.30 bits per heavy atom. The number of hydrogen-bond acceptors (Lipinski definition) is 1. The van der Waals surface area contributed by atoms with Gasteiger partial charge in [0.25, 0.3) is 0 Å². The number of carbonyl (C=O) groups is 1. The third-order valence-corrected chi connectivity index (χ3v) is 2.24. The fourth-order valence-electron chi connectivity index (χ4n) is 1.08. The summed E-state index contributed by atoms with van der Waals surface area (Å²) < 4.78 is 0. The first kappa shape index (κ1) is 7.80. The first-order chi connectivity index (χ1) is 4.61. The first-order valence-corrected chi connectivity index (χ1v) is 3.89. The van der Waals surface area contributed by atoms with Gasteiger partial charge in [-0.05, 0) is 11.8 Å². The van der Waals surface area contributed by atoms with Crippen LogP contribution in [0.15, 0.2) is 11.1 Å². The van der Waals surface area contributed by atoms with E-state index in [0.717, 1.165) is 0 Å². The summed E-state index contributed by atoms with van der Waals surface area (Å²) >= 11 is 5.61. The van der Waals surface area contributed by atoms with Gasteiger partial charge in [0.05, 0.1) is 5.03 Å². The lowest BCUT2D eigenvalue weighted by Crippen LogP contribution is -2.03. The summed E-state index contributed by atoms with van der Waals surface area (Å²) in [5.41, 5.74) is 0. The van der Waals surface area contributed by atoms with Crippen LogP contribution < -0.4 is 0 Å². The normalized spacial score (nSPS) is 25.8. The molecule has 0 aromatic rings. The summed E-state index contributed by atoms with van der Waals surface area (Å²) in [7, 11) is 0. The average Bonchev–Trinajstić information content (AvgIpc) is 2.13. The van der Waals surface area contributed by atoms with E-state index in [4.69, 9.17) is 11.6 Å². The first-order valence-electron chi connectivity index (χ1n) is 3.51. The minimum absolute atomic E-state index is 0.0976. The highest BCUT2D eigenvalue weighted by Gasteiger charge is 2.24. The SMILES string of the molecule is CC(C)[C@@H]1C=C(Cl)C(=O)C1. The summed E-state index contributed by atoms with van der Waals surface area (Å²) in [6, 6.07) is 0. The van der Waals surface area contributed by atoms with Crippen LogP contribution in [-0.2, 0) is 4.79 Å². The van der Waals surface area contributed by atoms with Gasteiger partial charge in [0, 0.05) is 6.42 Å². The molecule has 0 amide bonds. The van der Waals surface area contributed by atoms with Crippen molar-refractivity contribution in [3.05, 3.63) is 11.1 Å². The maximum atomic E-state index is 10.9. The highest BCUT2D eigenvalue weighted by Crippen LogP contribution is 2.28. The molecule has 1 aliphatic carbocycles. The Balaban J connectivity index is 2.65. The molecular formula is C8H11ClO. The summed E-state index contributed by atoms with van der Waals surface area (Å²) in [6.07, 6.45) is 2.48. The Morgan fingerprint density at radius 3 is 2.50 bits per heavy atom. The van der Waals surface area contributed by atoms with E-state index in [1.807, 2.05) is 6.08 Å². The predicted octanol–water partition coefficient (Wildman–Crippen LogP) is 2.35. The van der Waals surface area contributed by atoms with Crippen molar-refractivity contribution in [3.63, 3.8) is 0 Å². The van der Waals surface area contributed by atoms with E-state index < -0.39 is 0 Å². The van der Waals surface area contributed by atoms with Crippen molar-refractivity contribution in [1.29, 1.82) is 0 Å². The van der Waals surface area contributed by atoms with Crippen LogP contribution in [0.5, 0.6) is 0 Å². The Hall–Kier alpha value is -0.300. The van der Waals surface area contributed by atoms with Crippen LogP contribution in [0.4, 0.5) is 0 Å². The summed E-state index contributed by atoms with van der Waals surface area (Å²) in [5, 5.41) is 0.429. The van der Waals surface area contributed by atoms with E-state index in [1.54, 1.807) is 0 Å². The van der Waals surface area contributed by atoms with Crippen molar-refractivity contribution in [2.24, 2.45) is 11.8 Å². The number of hydrogen-bond donors (Lipinski definition) is 0. The molecule has 2 heteroatoms. The monoisotopic (exact) mass is 158 g/mol. The maximum absolute atomic E-state index is 10.9. The summed E-state index contributed by atoms with van der Waals surface area (Å²) in [5.74, 6) is 1.00. The van der Waals surface area contributed by atoms with Gasteiger partial charge in [0.15, 0.2) is 5.78 Å². The lowest BCUT2D eigenvalue weighted by atomic mass is 9.96. The molecule has 0 aromatic heterocycles. The van der Waals surface area contributed by atoms with Crippen molar-refractivity contribution >= 4 is 17.4 Å². The lowest BCUT2D eigenvalue weighted by Gasteiger charge is -2.08. The minimum Gasteiger partial charge on any atom is -0.293 e. The van der Waals surface area contributed by atoms with E-state index in [2.05, 4.69) is 13.8 Å². The molecule has 0 heterocycles. The predicted molar refractivity (Wildman–Crippen MR) is 41.9 cm³/mol. The molecule has 0 spiro atoms. The smallest absolute Gasteiger partial charge is 0.174 e. The molecule has 10 heavy (non-hydrogen) atoms. The molecule has 0 saturated carbocycles. The van der Waals surface area contributed by atoms with Crippen molar-refractivity contribution in [1.82, 2.24) is 0 Å².